The number of hydrogen-bond donors (Lipinski definition) is 0. The molecule has 3 aliphatic heterocycles. The molecule has 0 bridgehead atoms. The lowest BCUT2D eigenvalue weighted by Crippen LogP contribution is -2.50. The molecule has 0 saturated carbocycles. The van der Waals surface area contributed by atoms with E-state index in [9.17, 15) is 4.79 Å². The van der Waals surface area contributed by atoms with E-state index in [-0.39, 0.29) is 6.09 Å². The van der Waals surface area contributed by atoms with Crippen LogP contribution in [0.1, 0.15) is 32.3 Å². The van der Waals surface area contributed by atoms with E-state index in [2.05, 4.69) is 57.0 Å². The van der Waals surface area contributed by atoms with E-state index in [1.165, 1.54) is 0 Å². The predicted molar refractivity (Wildman–Crippen MR) is 156 cm³/mol. The lowest BCUT2D eigenvalue weighted by atomic mass is 10.0. The first-order valence-electron chi connectivity index (χ1n) is 14.3. The number of carbonyl (C=O) groups excluding carboxylic acids is 1. The molecule has 2 aromatic carbocycles. The molecule has 1 aromatic heterocycles. The van der Waals surface area contributed by atoms with Crippen molar-refractivity contribution in [1.29, 1.82) is 0 Å². The largest absolute Gasteiger partial charge is 0.496 e. The zero-order chi connectivity index (χ0) is 28.6. The maximum Gasteiger partial charge on any atom is 0.410 e. The minimum Gasteiger partial charge on any atom is -0.496 e. The number of piperazine rings is 1. The lowest BCUT2D eigenvalue weighted by molar-refractivity contribution is 0.0240. The second-order valence-corrected chi connectivity index (χ2v) is 11.7. The number of hydrogen-bond acceptors (Lipinski definition) is 8. The van der Waals surface area contributed by atoms with Gasteiger partial charge in [0.1, 0.15) is 23.7 Å². The summed E-state index contributed by atoms with van der Waals surface area (Å²) in [5.41, 5.74) is 4.64. The van der Waals surface area contributed by atoms with Crippen LogP contribution in [0.5, 0.6) is 11.5 Å². The molecule has 41 heavy (non-hydrogen) atoms. The summed E-state index contributed by atoms with van der Waals surface area (Å²) >= 11 is 0. The molecule has 0 N–H and O–H groups in total. The van der Waals surface area contributed by atoms with Crippen LogP contribution in [0.2, 0.25) is 0 Å². The van der Waals surface area contributed by atoms with Gasteiger partial charge < -0.3 is 28.7 Å². The highest BCUT2D eigenvalue weighted by Crippen LogP contribution is 2.39. The molecule has 3 aromatic rings. The van der Waals surface area contributed by atoms with E-state index < -0.39 is 5.60 Å². The van der Waals surface area contributed by atoms with Gasteiger partial charge in [0, 0.05) is 69.3 Å². The van der Waals surface area contributed by atoms with E-state index in [0.717, 1.165) is 91.5 Å². The molecule has 218 valence electrons. The zero-order valence-corrected chi connectivity index (χ0v) is 24.4. The summed E-state index contributed by atoms with van der Waals surface area (Å²) in [6, 6.07) is 12.6. The van der Waals surface area contributed by atoms with Gasteiger partial charge in [0.05, 0.1) is 31.7 Å². The summed E-state index contributed by atoms with van der Waals surface area (Å²) in [5, 5.41) is 0. The molecular formula is C31H39N5O5. The number of morpholine rings is 1. The molecule has 0 unspecified atom stereocenters. The Kier molecular flexibility index (Phi) is 7.52. The summed E-state index contributed by atoms with van der Waals surface area (Å²) in [7, 11) is 1.70. The molecule has 2 saturated heterocycles. The topological polar surface area (TPSA) is 81.5 Å². The molecule has 6 rings (SSSR count). The van der Waals surface area contributed by atoms with Crippen molar-refractivity contribution in [2.45, 2.75) is 39.5 Å². The third-order valence-corrected chi connectivity index (χ3v) is 7.69. The van der Waals surface area contributed by atoms with Crippen LogP contribution in [-0.4, -0.2) is 90.6 Å². The van der Waals surface area contributed by atoms with Gasteiger partial charge in [-0.1, -0.05) is 6.07 Å². The van der Waals surface area contributed by atoms with Gasteiger partial charge in [-0.3, -0.25) is 9.47 Å². The van der Waals surface area contributed by atoms with Gasteiger partial charge in [-0.2, -0.15) is 0 Å². The molecule has 4 heterocycles. The SMILES string of the molecule is COc1cc(N2CCN(C(=O)OC(C)(C)C)CC2)ccc1-c1ccc2c(c1)OCc1nc(CN3CCOCC3)cn1-2. The Morgan fingerprint density at radius 1 is 1.00 bits per heavy atom. The quantitative estimate of drug-likeness (QED) is 0.456. The third-order valence-electron chi connectivity index (χ3n) is 7.69. The minimum atomic E-state index is -0.494. The van der Waals surface area contributed by atoms with Gasteiger partial charge in [-0.05, 0) is 50.6 Å². The number of imidazole rings is 1. The standard InChI is InChI=1S/C31H39N5O5/c1-31(2,3)41-30(37)35-11-9-34(10-12-35)24-6-7-25(27(18-24)38-4)22-5-8-26-28(17-22)40-21-29-32-23(20-36(26)29)19-33-13-15-39-16-14-33/h5-8,17-18,20H,9-16,19,21H2,1-4H3. The summed E-state index contributed by atoms with van der Waals surface area (Å²) in [4.78, 5) is 23.7. The van der Waals surface area contributed by atoms with Crippen LogP contribution in [0.4, 0.5) is 10.5 Å². The van der Waals surface area contributed by atoms with Crippen molar-refractivity contribution < 1.29 is 23.7 Å². The van der Waals surface area contributed by atoms with Gasteiger partial charge >= 0.3 is 6.09 Å². The number of aromatic nitrogens is 2. The Morgan fingerprint density at radius 2 is 1.78 bits per heavy atom. The Morgan fingerprint density at radius 3 is 2.51 bits per heavy atom. The zero-order valence-electron chi connectivity index (χ0n) is 24.4. The number of anilines is 1. The van der Waals surface area contributed by atoms with Gasteiger partial charge in [-0.25, -0.2) is 9.78 Å². The number of rotatable bonds is 5. The fourth-order valence-electron chi connectivity index (χ4n) is 5.57. The average Bonchev–Trinajstić information content (AvgIpc) is 3.39. The van der Waals surface area contributed by atoms with Crippen LogP contribution >= 0.6 is 0 Å². The van der Waals surface area contributed by atoms with Gasteiger partial charge in [0.2, 0.25) is 0 Å². The van der Waals surface area contributed by atoms with Gasteiger partial charge in [-0.15, -0.1) is 0 Å². The second-order valence-electron chi connectivity index (χ2n) is 11.7. The first-order chi connectivity index (χ1) is 19.8. The van der Waals surface area contributed by atoms with E-state index >= 15 is 0 Å². The van der Waals surface area contributed by atoms with Crippen LogP contribution < -0.4 is 14.4 Å². The Labute approximate surface area is 241 Å². The smallest absolute Gasteiger partial charge is 0.410 e. The van der Waals surface area contributed by atoms with Crippen molar-refractivity contribution in [2.75, 3.05) is 64.5 Å². The summed E-state index contributed by atoms with van der Waals surface area (Å²) in [6.07, 6.45) is 1.87. The molecule has 10 nitrogen and oxygen atoms in total. The maximum atomic E-state index is 12.5. The van der Waals surface area contributed by atoms with Crippen molar-refractivity contribution in [2.24, 2.45) is 0 Å². The number of carbonyl (C=O) groups is 1. The number of methoxy groups -OCH3 is 1. The summed E-state index contributed by atoms with van der Waals surface area (Å²) in [6.45, 7) is 13.0. The maximum absolute atomic E-state index is 12.5. The van der Waals surface area contributed by atoms with Crippen LogP contribution in [0.25, 0.3) is 16.8 Å². The number of ether oxygens (including phenoxy) is 4. The van der Waals surface area contributed by atoms with Crippen LogP contribution in [0.15, 0.2) is 42.6 Å². The number of benzene rings is 2. The van der Waals surface area contributed by atoms with Gasteiger partial charge in [0.25, 0.3) is 0 Å². The summed E-state index contributed by atoms with van der Waals surface area (Å²) in [5.74, 6) is 2.54. The molecule has 1 amide bonds. The van der Waals surface area contributed by atoms with Crippen LogP contribution in [0, 0.1) is 0 Å². The van der Waals surface area contributed by atoms with Crippen molar-refractivity contribution in [3.05, 3.63) is 54.1 Å². The molecule has 0 atom stereocenters. The molecule has 0 radical (unpaired) electrons. The van der Waals surface area contributed by atoms with Crippen molar-refractivity contribution in [3.8, 4) is 28.3 Å². The fraction of sp³-hybridized carbons (Fsp3) is 0.484. The van der Waals surface area contributed by atoms with Crippen LogP contribution in [-0.2, 0) is 22.6 Å². The molecule has 0 spiro atoms. The number of amides is 1. The highest BCUT2D eigenvalue weighted by molar-refractivity contribution is 5.76. The molecule has 0 aliphatic carbocycles. The number of fused-ring (bicyclic) bond motifs is 3. The van der Waals surface area contributed by atoms with E-state index in [1.54, 1.807) is 12.0 Å². The second kappa shape index (κ2) is 11.3. The van der Waals surface area contributed by atoms with Crippen molar-refractivity contribution >= 4 is 11.8 Å². The molecule has 2 fully saturated rings. The Balaban J connectivity index is 1.16. The fourth-order valence-corrected chi connectivity index (χ4v) is 5.57. The number of nitrogens with zero attached hydrogens (tertiary/aromatic N) is 5. The third kappa shape index (κ3) is 5.99. The van der Waals surface area contributed by atoms with Crippen LogP contribution in [0.3, 0.4) is 0 Å². The summed E-state index contributed by atoms with van der Waals surface area (Å²) < 4.78 is 25.2. The highest BCUT2D eigenvalue weighted by atomic mass is 16.6. The van der Waals surface area contributed by atoms with Gasteiger partial charge in [0.15, 0.2) is 5.82 Å². The first-order valence-corrected chi connectivity index (χ1v) is 14.3. The predicted octanol–water partition coefficient (Wildman–Crippen LogP) is 4.33. The Bertz CT molecular complexity index is 1400. The lowest BCUT2D eigenvalue weighted by Gasteiger charge is -2.37. The minimum absolute atomic E-state index is 0.254. The first kappa shape index (κ1) is 27.4. The highest BCUT2D eigenvalue weighted by Gasteiger charge is 2.27. The normalized spacial score (nSPS) is 17.5. The molecule has 10 heteroatoms. The molecular weight excluding hydrogens is 522 g/mol. The van der Waals surface area contributed by atoms with E-state index in [0.29, 0.717) is 19.7 Å². The van der Waals surface area contributed by atoms with E-state index in [1.807, 2.05) is 20.8 Å². The van der Waals surface area contributed by atoms with Crippen molar-refractivity contribution in [1.82, 2.24) is 19.4 Å². The van der Waals surface area contributed by atoms with Crippen molar-refractivity contribution in [3.63, 3.8) is 0 Å². The average molecular weight is 562 g/mol. The molecule has 3 aliphatic rings. The van der Waals surface area contributed by atoms with E-state index in [4.69, 9.17) is 23.9 Å². The Hall–Kier alpha value is -3.76. The monoisotopic (exact) mass is 561 g/mol.